The van der Waals surface area contributed by atoms with Crippen molar-refractivity contribution in [2.24, 2.45) is 0 Å². The Kier molecular flexibility index (Phi) is 4.70. The molecule has 0 saturated carbocycles. The number of benzene rings is 1. The van der Waals surface area contributed by atoms with Crippen LogP contribution in [-0.2, 0) is 0 Å². The highest BCUT2D eigenvalue weighted by Gasteiger charge is 2.24. The van der Waals surface area contributed by atoms with E-state index in [1.165, 1.54) is 11.8 Å². The quantitative estimate of drug-likeness (QED) is 0.880. The summed E-state index contributed by atoms with van der Waals surface area (Å²) in [6, 6.07) is 11.3. The van der Waals surface area contributed by atoms with Crippen molar-refractivity contribution in [3.8, 4) is 23.3 Å². The Morgan fingerprint density at radius 3 is 2.48 bits per heavy atom. The van der Waals surface area contributed by atoms with Crippen molar-refractivity contribution in [1.82, 2.24) is 0 Å². The van der Waals surface area contributed by atoms with Crippen LogP contribution in [0.1, 0.15) is 18.1 Å². The first kappa shape index (κ1) is 15.2. The Morgan fingerprint density at radius 2 is 1.90 bits per heavy atom. The average Bonchev–Trinajstić information content (AvgIpc) is 2.47. The molecule has 2 rings (SSSR count). The van der Waals surface area contributed by atoms with Crippen molar-refractivity contribution in [2.75, 3.05) is 11.5 Å². The van der Waals surface area contributed by atoms with Crippen molar-refractivity contribution in [3.63, 3.8) is 0 Å². The van der Waals surface area contributed by atoms with E-state index in [9.17, 15) is 10.5 Å². The highest BCUT2D eigenvalue weighted by molar-refractivity contribution is 7.99. The molecule has 21 heavy (non-hydrogen) atoms. The number of H-pyrrole nitrogens is 1. The second-order valence-corrected chi connectivity index (χ2v) is 5.81. The van der Waals surface area contributed by atoms with Gasteiger partial charge in [0.1, 0.15) is 23.3 Å². The predicted octanol–water partition coefficient (Wildman–Crippen LogP) is 3.26. The third-order valence-electron chi connectivity index (χ3n) is 2.90. The van der Waals surface area contributed by atoms with Gasteiger partial charge in [0.05, 0.1) is 0 Å². The maximum Gasteiger partial charge on any atom is 0.289 e. The van der Waals surface area contributed by atoms with Crippen molar-refractivity contribution >= 4 is 29.2 Å². The van der Waals surface area contributed by atoms with Crippen LogP contribution in [0.3, 0.4) is 0 Å². The fraction of sp³-hybridized carbons (Fsp3) is 0.133. The molecule has 0 aliphatic carbocycles. The first-order valence-corrected chi connectivity index (χ1v) is 7.57. The Hall–Kier alpha value is -2.21. The van der Waals surface area contributed by atoms with Crippen molar-refractivity contribution < 1.29 is 4.98 Å². The summed E-state index contributed by atoms with van der Waals surface area (Å²) in [5.74, 6) is 1.01. The second-order valence-electron chi connectivity index (χ2n) is 4.13. The number of hydrogen-bond acceptors (Lipinski definition) is 4. The molecule has 4 nitrogen and oxygen atoms in total. The largest absolute Gasteiger partial charge is 0.289 e. The van der Waals surface area contributed by atoms with E-state index in [1.807, 2.05) is 13.0 Å². The molecule has 1 aromatic heterocycles. The minimum absolute atomic E-state index is 0.236. The number of nitrogen functional groups attached to an aromatic ring is 1. The summed E-state index contributed by atoms with van der Waals surface area (Å²) in [4.78, 5) is 2.93. The fourth-order valence-electron chi connectivity index (χ4n) is 2.03. The van der Waals surface area contributed by atoms with Crippen LogP contribution in [0, 0.1) is 22.7 Å². The van der Waals surface area contributed by atoms with Crippen LogP contribution < -0.4 is 10.7 Å². The van der Waals surface area contributed by atoms with E-state index in [-0.39, 0.29) is 11.4 Å². The number of nitrogens with two attached hydrogens (primary N) is 1. The van der Waals surface area contributed by atoms with E-state index in [0.717, 1.165) is 5.75 Å². The van der Waals surface area contributed by atoms with Gasteiger partial charge in [0.25, 0.3) is 5.82 Å². The van der Waals surface area contributed by atoms with E-state index in [4.69, 9.17) is 17.3 Å². The molecule has 0 spiro atoms. The van der Waals surface area contributed by atoms with Crippen molar-refractivity contribution in [3.05, 3.63) is 40.4 Å². The van der Waals surface area contributed by atoms with E-state index in [2.05, 4.69) is 17.1 Å². The number of nitrogens with zero attached hydrogens (tertiary/aromatic N) is 2. The van der Waals surface area contributed by atoms with Gasteiger partial charge in [-0.1, -0.05) is 48.5 Å². The average molecular weight is 316 g/mol. The standard InChI is InChI=1S/C15H11ClN4S/c1-2-21-15-11(8-18)13(10(7-17)14(19)20-15)9-5-3-4-6-12(9)16/h3-6H,2H2,1H3,(H2,19,20)/p+1. The number of nitriles is 2. The Labute approximate surface area is 132 Å². The highest BCUT2D eigenvalue weighted by Crippen LogP contribution is 2.36. The summed E-state index contributed by atoms with van der Waals surface area (Å²) in [5.41, 5.74) is 7.67. The molecule has 104 valence electrons. The third kappa shape index (κ3) is 2.80. The molecular formula is C15H12ClN4S+. The molecular weight excluding hydrogens is 304 g/mol. The zero-order valence-corrected chi connectivity index (χ0v) is 12.8. The minimum atomic E-state index is 0.236. The van der Waals surface area contributed by atoms with E-state index in [0.29, 0.717) is 26.7 Å². The van der Waals surface area contributed by atoms with E-state index in [1.54, 1.807) is 18.2 Å². The molecule has 6 heteroatoms. The molecule has 3 N–H and O–H groups in total. The summed E-state index contributed by atoms with van der Waals surface area (Å²) in [5, 5.41) is 20.0. The van der Waals surface area contributed by atoms with Gasteiger partial charge >= 0.3 is 0 Å². The van der Waals surface area contributed by atoms with Crippen LogP contribution in [0.25, 0.3) is 11.1 Å². The number of rotatable bonds is 3. The molecule has 0 aliphatic rings. The zero-order valence-electron chi connectivity index (χ0n) is 11.3. The Balaban J connectivity index is 2.89. The topological polar surface area (TPSA) is 87.7 Å². The van der Waals surface area contributed by atoms with Gasteiger partial charge in [-0.2, -0.15) is 10.5 Å². The lowest BCUT2D eigenvalue weighted by Crippen LogP contribution is -2.18. The monoisotopic (exact) mass is 315 g/mol. The van der Waals surface area contributed by atoms with Gasteiger partial charge < -0.3 is 0 Å². The van der Waals surface area contributed by atoms with Crippen LogP contribution in [0.5, 0.6) is 0 Å². The lowest BCUT2D eigenvalue weighted by Gasteiger charge is -2.10. The maximum atomic E-state index is 9.51. The normalized spacial score (nSPS) is 9.90. The lowest BCUT2D eigenvalue weighted by molar-refractivity contribution is -0.410. The molecule has 2 aromatic rings. The Morgan fingerprint density at radius 1 is 1.24 bits per heavy atom. The third-order valence-corrected chi connectivity index (χ3v) is 4.11. The number of halogens is 1. The van der Waals surface area contributed by atoms with Gasteiger partial charge in [0, 0.05) is 16.1 Å². The van der Waals surface area contributed by atoms with Crippen LogP contribution >= 0.6 is 23.4 Å². The number of hydrogen-bond donors (Lipinski definition) is 1. The molecule has 0 saturated heterocycles. The summed E-state index contributed by atoms with van der Waals surface area (Å²) in [6.45, 7) is 1.98. The second kappa shape index (κ2) is 6.49. The number of thioether (sulfide) groups is 1. The number of pyridine rings is 1. The van der Waals surface area contributed by atoms with Crippen LogP contribution in [0.4, 0.5) is 5.82 Å². The van der Waals surface area contributed by atoms with Crippen LogP contribution in [0.2, 0.25) is 5.02 Å². The van der Waals surface area contributed by atoms with Gasteiger partial charge in [0.15, 0.2) is 5.03 Å². The van der Waals surface area contributed by atoms with Gasteiger partial charge in [-0.3, -0.25) is 5.73 Å². The molecule has 1 aromatic carbocycles. The van der Waals surface area contributed by atoms with Gasteiger partial charge in [-0.05, 0) is 11.8 Å². The van der Waals surface area contributed by atoms with Gasteiger partial charge in [0.2, 0.25) is 0 Å². The first-order valence-electron chi connectivity index (χ1n) is 6.20. The highest BCUT2D eigenvalue weighted by atomic mass is 35.5. The first-order chi connectivity index (χ1) is 10.1. The number of anilines is 1. The molecule has 0 unspecified atom stereocenters. The summed E-state index contributed by atoms with van der Waals surface area (Å²) in [7, 11) is 0. The number of aromatic amines is 1. The Bertz CT molecular complexity index is 774. The molecule has 0 radical (unpaired) electrons. The number of aromatic nitrogens is 1. The summed E-state index contributed by atoms with van der Waals surface area (Å²) >= 11 is 7.69. The van der Waals surface area contributed by atoms with Crippen molar-refractivity contribution in [2.45, 2.75) is 11.9 Å². The summed E-state index contributed by atoms with van der Waals surface area (Å²) in [6.07, 6.45) is 0. The molecule has 0 aliphatic heterocycles. The van der Waals surface area contributed by atoms with Gasteiger partial charge in [-0.25, -0.2) is 4.98 Å². The summed E-state index contributed by atoms with van der Waals surface area (Å²) < 4.78 is 0. The fourth-order valence-corrected chi connectivity index (χ4v) is 3.02. The predicted molar refractivity (Wildman–Crippen MR) is 83.7 cm³/mol. The molecule has 0 bridgehead atoms. The molecule has 0 atom stereocenters. The number of nitrogens with one attached hydrogen (secondary N) is 1. The molecule has 0 fully saturated rings. The van der Waals surface area contributed by atoms with Crippen LogP contribution in [0.15, 0.2) is 29.3 Å². The van der Waals surface area contributed by atoms with E-state index < -0.39 is 0 Å². The van der Waals surface area contributed by atoms with Gasteiger partial charge in [-0.15, -0.1) is 0 Å². The van der Waals surface area contributed by atoms with Crippen molar-refractivity contribution in [1.29, 1.82) is 10.5 Å². The zero-order chi connectivity index (χ0) is 15.4. The maximum absolute atomic E-state index is 9.51. The lowest BCUT2D eigenvalue weighted by atomic mass is 9.97. The van der Waals surface area contributed by atoms with Crippen LogP contribution in [-0.4, -0.2) is 5.75 Å². The smallest absolute Gasteiger partial charge is 0.286 e. The molecule has 0 amide bonds. The van der Waals surface area contributed by atoms with E-state index >= 15 is 0 Å². The minimum Gasteiger partial charge on any atom is -0.286 e. The SMILES string of the molecule is CCSc1[nH+]c(N)c(C#N)c(-c2ccccc2Cl)c1C#N. The molecule has 1 heterocycles.